The van der Waals surface area contributed by atoms with E-state index >= 15 is 0 Å². The minimum absolute atomic E-state index is 0.278. The molecule has 25 heavy (non-hydrogen) atoms. The largest absolute Gasteiger partial charge is 0.487 e. The number of β-amino-alcohol motifs (C(OH)–C–C–N with tert-alkyl or cyclic N) is 1. The highest BCUT2D eigenvalue weighted by molar-refractivity contribution is 5.83. The van der Waals surface area contributed by atoms with Crippen molar-refractivity contribution in [3.05, 3.63) is 59.9 Å². The van der Waals surface area contributed by atoms with E-state index in [-0.39, 0.29) is 6.54 Å². The summed E-state index contributed by atoms with van der Waals surface area (Å²) in [6, 6.07) is 13.5. The number of ether oxygens (including phenoxy) is 1. The van der Waals surface area contributed by atoms with Crippen molar-refractivity contribution >= 4 is 5.91 Å². The van der Waals surface area contributed by atoms with Crippen molar-refractivity contribution in [3.8, 4) is 5.75 Å². The van der Waals surface area contributed by atoms with Crippen LogP contribution in [0.3, 0.4) is 0 Å². The van der Waals surface area contributed by atoms with Crippen molar-refractivity contribution < 1.29 is 14.6 Å². The van der Waals surface area contributed by atoms with Crippen LogP contribution in [0.25, 0.3) is 0 Å². The Morgan fingerprint density at radius 2 is 2.08 bits per heavy atom. The zero-order chi connectivity index (χ0) is 17.7. The van der Waals surface area contributed by atoms with Crippen LogP contribution >= 0.6 is 0 Å². The van der Waals surface area contributed by atoms with Gasteiger partial charge < -0.3 is 15.6 Å². The molecule has 6 heteroatoms. The predicted molar refractivity (Wildman–Crippen MR) is 93.7 cm³/mol. The fourth-order valence-electron chi connectivity index (χ4n) is 3.05. The molecule has 2 heterocycles. The van der Waals surface area contributed by atoms with E-state index in [0.29, 0.717) is 19.6 Å². The maximum atomic E-state index is 11.4. The normalized spacial score (nSPS) is 21.0. The number of carbonyl (C=O) groups is 1. The summed E-state index contributed by atoms with van der Waals surface area (Å²) < 4.78 is 5.72. The number of aromatic nitrogens is 1. The minimum Gasteiger partial charge on any atom is -0.487 e. The van der Waals surface area contributed by atoms with Crippen LogP contribution in [-0.4, -0.2) is 39.6 Å². The molecule has 0 radical (unpaired) electrons. The Labute approximate surface area is 147 Å². The molecule has 1 saturated heterocycles. The van der Waals surface area contributed by atoms with Gasteiger partial charge in [0.2, 0.25) is 0 Å². The van der Waals surface area contributed by atoms with Gasteiger partial charge in [-0.25, -0.2) is 0 Å². The van der Waals surface area contributed by atoms with Gasteiger partial charge in [-0.1, -0.05) is 18.2 Å². The van der Waals surface area contributed by atoms with Crippen LogP contribution in [0.5, 0.6) is 5.75 Å². The maximum Gasteiger partial charge on any atom is 0.250 e. The standard InChI is InChI=1S/C19H23N3O3/c20-18(23)19(24)9-3-11-22(14-19)12-15-5-7-17(8-6-15)25-13-16-4-1-2-10-21-16/h1-2,4-8,10,24H,3,9,11-14H2,(H2,20,23)/t19-/m1/s1. The maximum absolute atomic E-state index is 11.4. The molecule has 0 saturated carbocycles. The second-order valence-corrected chi connectivity index (χ2v) is 6.46. The van der Waals surface area contributed by atoms with Gasteiger partial charge in [0, 0.05) is 19.3 Å². The lowest BCUT2D eigenvalue weighted by atomic mass is 9.92. The highest BCUT2D eigenvalue weighted by atomic mass is 16.5. The van der Waals surface area contributed by atoms with Gasteiger partial charge in [0.25, 0.3) is 5.91 Å². The average Bonchev–Trinajstić information content (AvgIpc) is 2.62. The quantitative estimate of drug-likeness (QED) is 0.831. The van der Waals surface area contributed by atoms with Gasteiger partial charge in [-0.15, -0.1) is 0 Å². The van der Waals surface area contributed by atoms with E-state index in [2.05, 4.69) is 9.88 Å². The zero-order valence-corrected chi connectivity index (χ0v) is 14.1. The Bertz CT molecular complexity index is 706. The summed E-state index contributed by atoms with van der Waals surface area (Å²) in [5.41, 5.74) is 5.88. The Morgan fingerprint density at radius 3 is 2.76 bits per heavy atom. The summed E-state index contributed by atoms with van der Waals surface area (Å²) in [7, 11) is 0. The van der Waals surface area contributed by atoms with Crippen molar-refractivity contribution in [3.63, 3.8) is 0 Å². The third-order valence-corrected chi connectivity index (χ3v) is 4.45. The number of hydrogen-bond acceptors (Lipinski definition) is 5. The molecule has 3 rings (SSSR count). The van der Waals surface area contributed by atoms with E-state index in [9.17, 15) is 9.90 Å². The van der Waals surface area contributed by atoms with Gasteiger partial charge in [-0.3, -0.25) is 14.7 Å². The molecular formula is C19H23N3O3. The number of aliphatic hydroxyl groups is 1. The number of carbonyl (C=O) groups excluding carboxylic acids is 1. The van der Waals surface area contributed by atoms with Gasteiger partial charge in [-0.2, -0.15) is 0 Å². The van der Waals surface area contributed by atoms with Crippen molar-refractivity contribution in [2.24, 2.45) is 5.73 Å². The van der Waals surface area contributed by atoms with E-state index in [1.54, 1.807) is 6.20 Å². The Kier molecular flexibility index (Phi) is 5.31. The fourth-order valence-corrected chi connectivity index (χ4v) is 3.05. The fraction of sp³-hybridized carbons (Fsp3) is 0.368. The number of nitrogens with zero attached hydrogens (tertiary/aromatic N) is 2. The van der Waals surface area contributed by atoms with Gasteiger partial charge >= 0.3 is 0 Å². The molecule has 1 atom stereocenters. The molecule has 1 fully saturated rings. The van der Waals surface area contributed by atoms with Crippen LogP contribution in [0.2, 0.25) is 0 Å². The van der Waals surface area contributed by atoms with Gasteiger partial charge in [0.1, 0.15) is 12.4 Å². The lowest BCUT2D eigenvalue weighted by Crippen LogP contribution is -2.55. The molecule has 0 bridgehead atoms. The van der Waals surface area contributed by atoms with Crippen molar-refractivity contribution in [1.29, 1.82) is 0 Å². The first-order valence-electron chi connectivity index (χ1n) is 8.41. The summed E-state index contributed by atoms with van der Waals surface area (Å²) in [4.78, 5) is 17.7. The highest BCUT2D eigenvalue weighted by Crippen LogP contribution is 2.23. The van der Waals surface area contributed by atoms with Gasteiger partial charge in [-0.05, 0) is 49.2 Å². The second kappa shape index (κ2) is 7.63. The van der Waals surface area contributed by atoms with E-state index in [4.69, 9.17) is 10.5 Å². The summed E-state index contributed by atoms with van der Waals surface area (Å²) >= 11 is 0. The molecule has 2 aromatic rings. The highest BCUT2D eigenvalue weighted by Gasteiger charge is 2.38. The monoisotopic (exact) mass is 341 g/mol. The van der Waals surface area contributed by atoms with Crippen LogP contribution in [-0.2, 0) is 17.9 Å². The average molecular weight is 341 g/mol. The lowest BCUT2D eigenvalue weighted by molar-refractivity contribution is -0.142. The molecule has 0 spiro atoms. The first kappa shape index (κ1) is 17.4. The molecule has 3 N–H and O–H groups in total. The Morgan fingerprint density at radius 1 is 1.28 bits per heavy atom. The number of hydrogen-bond donors (Lipinski definition) is 2. The van der Waals surface area contributed by atoms with E-state index in [1.807, 2.05) is 42.5 Å². The number of benzene rings is 1. The van der Waals surface area contributed by atoms with Crippen molar-refractivity contribution in [2.75, 3.05) is 13.1 Å². The van der Waals surface area contributed by atoms with Crippen LogP contribution < -0.4 is 10.5 Å². The zero-order valence-electron chi connectivity index (χ0n) is 14.1. The molecule has 1 aliphatic heterocycles. The predicted octanol–water partition coefficient (Wildman–Crippen LogP) is 1.47. The van der Waals surface area contributed by atoms with Crippen molar-refractivity contribution in [1.82, 2.24) is 9.88 Å². The summed E-state index contributed by atoms with van der Waals surface area (Å²) in [6.07, 6.45) is 2.93. The van der Waals surface area contributed by atoms with Crippen LogP contribution in [0.1, 0.15) is 24.1 Å². The minimum atomic E-state index is -1.41. The van der Waals surface area contributed by atoms with E-state index < -0.39 is 11.5 Å². The van der Waals surface area contributed by atoms with Crippen LogP contribution in [0.15, 0.2) is 48.7 Å². The molecule has 0 unspecified atom stereocenters. The first-order valence-corrected chi connectivity index (χ1v) is 8.41. The molecule has 1 amide bonds. The molecule has 1 aromatic carbocycles. The first-order chi connectivity index (χ1) is 12.0. The number of piperidine rings is 1. The summed E-state index contributed by atoms with van der Waals surface area (Å²) in [5.74, 6) is 0.136. The number of primary amides is 1. The van der Waals surface area contributed by atoms with E-state index in [1.165, 1.54) is 0 Å². The Hall–Kier alpha value is -2.44. The number of nitrogens with two attached hydrogens (primary N) is 1. The molecule has 0 aliphatic carbocycles. The number of pyridine rings is 1. The molecule has 132 valence electrons. The molecule has 1 aliphatic rings. The van der Waals surface area contributed by atoms with Crippen LogP contribution in [0.4, 0.5) is 0 Å². The molecule has 1 aromatic heterocycles. The third kappa shape index (κ3) is 4.55. The Balaban J connectivity index is 1.55. The molecular weight excluding hydrogens is 318 g/mol. The smallest absolute Gasteiger partial charge is 0.250 e. The van der Waals surface area contributed by atoms with E-state index in [0.717, 1.165) is 30.0 Å². The lowest BCUT2D eigenvalue weighted by Gasteiger charge is -2.37. The van der Waals surface area contributed by atoms with Gasteiger partial charge in [0.15, 0.2) is 5.60 Å². The number of amides is 1. The van der Waals surface area contributed by atoms with Crippen LogP contribution in [0, 0.1) is 0 Å². The second-order valence-electron chi connectivity index (χ2n) is 6.46. The summed E-state index contributed by atoms with van der Waals surface area (Å²) in [6.45, 7) is 2.21. The van der Waals surface area contributed by atoms with Crippen molar-refractivity contribution in [2.45, 2.75) is 31.6 Å². The molecule has 6 nitrogen and oxygen atoms in total. The SMILES string of the molecule is NC(=O)[C@@]1(O)CCCN(Cc2ccc(OCc3ccccn3)cc2)C1. The number of rotatable bonds is 6. The van der Waals surface area contributed by atoms with Gasteiger partial charge in [0.05, 0.1) is 5.69 Å². The third-order valence-electron chi connectivity index (χ3n) is 4.45. The topological polar surface area (TPSA) is 88.7 Å². The number of likely N-dealkylation sites (tertiary alicyclic amines) is 1. The summed E-state index contributed by atoms with van der Waals surface area (Å²) in [5, 5.41) is 10.3.